The number of rotatable bonds is 5. The van der Waals surface area contributed by atoms with Gasteiger partial charge >= 0.3 is 5.97 Å². The molecule has 2 atom stereocenters. The molecule has 0 heterocycles. The number of hydrogen-bond acceptors (Lipinski definition) is 3. The normalized spacial score (nSPS) is 21.0. The predicted molar refractivity (Wildman–Crippen MR) is 73.6 cm³/mol. The van der Waals surface area contributed by atoms with Crippen LogP contribution < -0.4 is 10.1 Å². The Kier molecular flexibility index (Phi) is 4.77. The Morgan fingerprint density at radius 2 is 2.19 bits per heavy atom. The molecule has 21 heavy (non-hydrogen) atoms. The van der Waals surface area contributed by atoms with Crippen LogP contribution in [0.15, 0.2) is 18.2 Å². The van der Waals surface area contributed by atoms with Crippen molar-refractivity contribution < 1.29 is 23.8 Å². The lowest BCUT2D eigenvalue weighted by molar-refractivity contribution is -0.141. The average molecular weight is 295 g/mol. The summed E-state index contributed by atoms with van der Waals surface area (Å²) in [6, 6.07) is 4.28. The summed E-state index contributed by atoms with van der Waals surface area (Å²) in [5.74, 6) is -1.79. The molecule has 1 aliphatic rings. The first-order valence-electron chi connectivity index (χ1n) is 6.84. The van der Waals surface area contributed by atoms with Gasteiger partial charge in [0.05, 0.1) is 19.4 Å². The Morgan fingerprint density at radius 3 is 2.76 bits per heavy atom. The van der Waals surface area contributed by atoms with Crippen LogP contribution in [0.1, 0.15) is 24.8 Å². The zero-order valence-corrected chi connectivity index (χ0v) is 11.8. The van der Waals surface area contributed by atoms with E-state index in [4.69, 9.17) is 9.84 Å². The lowest BCUT2D eigenvalue weighted by atomic mass is 10.1. The summed E-state index contributed by atoms with van der Waals surface area (Å²) in [6.45, 7) is 0. The number of methoxy groups -OCH3 is 1. The molecule has 1 fully saturated rings. The van der Waals surface area contributed by atoms with Gasteiger partial charge in [0.15, 0.2) is 11.6 Å². The molecule has 2 unspecified atom stereocenters. The molecule has 1 saturated carbocycles. The minimum absolute atomic E-state index is 0.0646. The van der Waals surface area contributed by atoms with E-state index in [1.807, 2.05) is 0 Å². The van der Waals surface area contributed by atoms with Crippen LogP contribution in [0.4, 0.5) is 4.39 Å². The summed E-state index contributed by atoms with van der Waals surface area (Å²) in [5.41, 5.74) is 0.554. The number of hydrogen-bond donors (Lipinski definition) is 2. The zero-order chi connectivity index (χ0) is 15.4. The molecule has 0 spiro atoms. The third kappa shape index (κ3) is 3.93. The topological polar surface area (TPSA) is 75.6 Å². The molecular formula is C15H18FNO4. The Hall–Kier alpha value is -2.11. The summed E-state index contributed by atoms with van der Waals surface area (Å²) in [5, 5.41) is 11.7. The second-order valence-electron chi connectivity index (χ2n) is 5.26. The van der Waals surface area contributed by atoms with Crippen molar-refractivity contribution in [2.45, 2.75) is 31.7 Å². The van der Waals surface area contributed by atoms with Crippen LogP contribution in [-0.4, -0.2) is 30.1 Å². The van der Waals surface area contributed by atoms with Gasteiger partial charge in [-0.3, -0.25) is 9.59 Å². The second-order valence-corrected chi connectivity index (χ2v) is 5.26. The highest BCUT2D eigenvalue weighted by Crippen LogP contribution is 2.25. The third-order valence-corrected chi connectivity index (χ3v) is 3.73. The number of carbonyl (C=O) groups is 2. The highest BCUT2D eigenvalue weighted by Gasteiger charge is 2.30. The molecule has 1 amide bonds. The summed E-state index contributed by atoms with van der Waals surface area (Å²) in [6.07, 6.45) is 1.77. The number of carboxylic acid groups (broad SMARTS) is 1. The second kappa shape index (κ2) is 6.56. The van der Waals surface area contributed by atoms with E-state index in [2.05, 4.69) is 5.32 Å². The van der Waals surface area contributed by atoms with E-state index in [0.29, 0.717) is 24.8 Å². The van der Waals surface area contributed by atoms with Crippen molar-refractivity contribution in [1.82, 2.24) is 5.32 Å². The highest BCUT2D eigenvalue weighted by atomic mass is 19.1. The van der Waals surface area contributed by atoms with Gasteiger partial charge in [0, 0.05) is 6.04 Å². The fourth-order valence-corrected chi connectivity index (χ4v) is 2.62. The first-order chi connectivity index (χ1) is 9.99. The van der Waals surface area contributed by atoms with Crippen molar-refractivity contribution in [2.24, 2.45) is 5.92 Å². The number of halogens is 1. The number of benzene rings is 1. The fraction of sp³-hybridized carbons (Fsp3) is 0.467. The number of aliphatic carboxylic acids is 1. The molecule has 1 aliphatic carbocycles. The van der Waals surface area contributed by atoms with Gasteiger partial charge in [-0.05, 0) is 37.0 Å². The van der Waals surface area contributed by atoms with E-state index in [-0.39, 0.29) is 30.0 Å². The van der Waals surface area contributed by atoms with Crippen molar-refractivity contribution in [3.05, 3.63) is 29.6 Å². The van der Waals surface area contributed by atoms with Crippen LogP contribution in [-0.2, 0) is 16.0 Å². The van der Waals surface area contributed by atoms with Crippen LogP contribution in [0.25, 0.3) is 0 Å². The fourth-order valence-electron chi connectivity index (χ4n) is 2.62. The van der Waals surface area contributed by atoms with Gasteiger partial charge in [-0.1, -0.05) is 6.07 Å². The molecule has 0 radical (unpaired) electrons. The molecule has 0 aliphatic heterocycles. The summed E-state index contributed by atoms with van der Waals surface area (Å²) < 4.78 is 18.3. The van der Waals surface area contributed by atoms with Crippen LogP contribution in [0.5, 0.6) is 5.75 Å². The van der Waals surface area contributed by atoms with Gasteiger partial charge < -0.3 is 15.2 Å². The lowest BCUT2D eigenvalue weighted by Crippen LogP contribution is -2.34. The lowest BCUT2D eigenvalue weighted by Gasteiger charge is -2.12. The van der Waals surface area contributed by atoms with Gasteiger partial charge in [0.1, 0.15) is 0 Å². The predicted octanol–water partition coefficient (Wildman–Crippen LogP) is 1.75. The zero-order valence-electron chi connectivity index (χ0n) is 11.8. The summed E-state index contributed by atoms with van der Waals surface area (Å²) in [7, 11) is 1.38. The van der Waals surface area contributed by atoms with E-state index < -0.39 is 11.8 Å². The van der Waals surface area contributed by atoms with E-state index in [1.165, 1.54) is 19.2 Å². The van der Waals surface area contributed by atoms with E-state index in [0.717, 1.165) is 0 Å². The monoisotopic (exact) mass is 295 g/mol. The Balaban J connectivity index is 1.88. The molecule has 1 aromatic carbocycles. The maximum Gasteiger partial charge on any atom is 0.306 e. The molecule has 5 nitrogen and oxygen atoms in total. The average Bonchev–Trinajstić information content (AvgIpc) is 2.87. The molecule has 1 aromatic rings. The van der Waals surface area contributed by atoms with Gasteiger partial charge in [-0.25, -0.2) is 4.39 Å². The maximum absolute atomic E-state index is 13.5. The largest absolute Gasteiger partial charge is 0.494 e. The number of carboxylic acids is 1. The molecule has 114 valence electrons. The smallest absolute Gasteiger partial charge is 0.306 e. The van der Waals surface area contributed by atoms with Gasteiger partial charge in [0.2, 0.25) is 5.91 Å². The van der Waals surface area contributed by atoms with Gasteiger partial charge in [0.25, 0.3) is 0 Å². The first kappa shape index (κ1) is 15.3. The summed E-state index contributed by atoms with van der Waals surface area (Å²) >= 11 is 0. The van der Waals surface area contributed by atoms with Crippen molar-refractivity contribution in [1.29, 1.82) is 0 Å². The van der Waals surface area contributed by atoms with Crippen molar-refractivity contribution in [3.63, 3.8) is 0 Å². The molecule has 0 aromatic heterocycles. The van der Waals surface area contributed by atoms with Crippen LogP contribution in [0, 0.1) is 11.7 Å². The Morgan fingerprint density at radius 1 is 1.43 bits per heavy atom. The molecular weight excluding hydrogens is 277 g/mol. The number of amides is 1. The SMILES string of the molecule is COc1ccc(CC(=O)NC2CCC(C(=O)O)C2)cc1F. The minimum Gasteiger partial charge on any atom is -0.494 e. The minimum atomic E-state index is -0.816. The van der Waals surface area contributed by atoms with Crippen molar-refractivity contribution in [3.8, 4) is 5.75 Å². The van der Waals surface area contributed by atoms with E-state index >= 15 is 0 Å². The van der Waals surface area contributed by atoms with Gasteiger partial charge in [-0.15, -0.1) is 0 Å². The Labute approximate surface area is 122 Å². The van der Waals surface area contributed by atoms with Crippen molar-refractivity contribution in [2.75, 3.05) is 7.11 Å². The highest BCUT2D eigenvalue weighted by molar-refractivity contribution is 5.79. The van der Waals surface area contributed by atoms with Gasteiger partial charge in [-0.2, -0.15) is 0 Å². The van der Waals surface area contributed by atoms with Crippen LogP contribution in [0.3, 0.4) is 0 Å². The molecule has 0 bridgehead atoms. The van der Waals surface area contributed by atoms with E-state index in [1.54, 1.807) is 6.07 Å². The standard InChI is InChI=1S/C15H18FNO4/c1-21-13-5-2-9(6-12(13)16)7-14(18)17-11-4-3-10(8-11)15(19)20/h2,5-6,10-11H,3-4,7-8H2,1H3,(H,17,18)(H,19,20). The third-order valence-electron chi connectivity index (χ3n) is 3.73. The molecule has 2 rings (SSSR count). The number of carbonyl (C=O) groups excluding carboxylic acids is 1. The van der Waals surface area contributed by atoms with E-state index in [9.17, 15) is 14.0 Å². The van der Waals surface area contributed by atoms with Crippen molar-refractivity contribution >= 4 is 11.9 Å². The number of ether oxygens (including phenoxy) is 1. The van der Waals surface area contributed by atoms with Crippen LogP contribution in [0.2, 0.25) is 0 Å². The number of nitrogens with one attached hydrogen (secondary N) is 1. The first-order valence-corrected chi connectivity index (χ1v) is 6.84. The quantitative estimate of drug-likeness (QED) is 0.867. The molecule has 6 heteroatoms. The summed E-state index contributed by atoms with van der Waals surface area (Å²) in [4.78, 5) is 22.8. The van der Waals surface area contributed by atoms with Crippen LogP contribution >= 0.6 is 0 Å². The molecule has 0 saturated heterocycles. The molecule has 2 N–H and O–H groups in total. The Bertz CT molecular complexity index is 546. The maximum atomic E-state index is 13.5.